The van der Waals surface area contributed by atoms with Gasteiger partial charge in [-0.3, -0.25) is 4.79 Å². The number of rotatable bonds is 5. The molecule has 6 nitrogen and oxygen atoms in total. The van der Waals surface area contributed by atoms with Crippen LogP contribution in [0.5, 0.6) is 11.5 Å². The zero-order chi connectivity index (χ0) is 14.8. The van der Waals surface area contributed by atoms with Crippen LogP contribution < -0.4 is 15.6 Å². The molecule has 1 saturated carbocycles. The van der Waals surface area contributed by atoms with Crippen LogP contribution in [0.15, 0.2) is 35.1 Å². The highest BCUT2D eigenvalue weighted by Crippen LogP contribution is 2.21. The monoisotopic (exact) mass is 287 g/mol. The van der Waals surface area contributed by atoms with E-state index in [1.165, 1.54) is 10.7 Å². The van der Waals surface area contributed by atoms with Crippen molar-refractivity contribution in [1.82, 2.24) is 15.1 Å². The molecular formula is C15H17N3O3. The molecule has 1 fully saturated rings. The first-order chi connectivity index (χ1) is 10.2. The fraction of sp³-hybridized carbons (Fsp3) is 0.333. The Hall–Kier alpha value is -2.34. The Bertz CT molecular complexity index is 690. The normalized spacial score (nSPS) is 14.1. The highest BCUT2D eigenvalue weighted by molar-refractivity contribution is 5.37. The molecule has 1 heterocycles. The minimum atomic E-state index is -0.368. The fourth-order valence-electron chi connectivity index (χ4n) is 2.05. The summed E-state index contributed by atoms with van der Waals surface area (Å²) in [5.41, 5.74) is 0.735. The summed E-state index contributed by atoms with van der Waals surface area (Å²) in [7, 11) is 1.58. The van der Waals surface area contributed by atoms with Gasteiger partial charge in [-0.15, -0.1) is 0 Å². The van der Waals surface area contributed by atoms with Gasteiger partial charge in [-0.05, 0) is 37.1 Å². The third kappa shape index (κ3) is 3.05. The minimum absolute atomic E-state index is 0.0714. The molecule has 0 atom stereocenters. The molecule has 1 aromatic heterocycles. The first-order valence-electron chi connectivity index (χ1n) is 6.87. The number of aromatic nitrogens is 2. The maximum absolute atomic E-state index is 12.0. The summed E-state index contributed by atoms with van der Waals surface area (Å²) < 4.78 is 6.37. The molecule has 0 spiro atoms. The van der Waals surface area contributed by atoms with Crippen molar-refractivity contribution >= 4 is 0 Å². The molecule has 21 heavy (non-hydrogen) atoms. The summed E-state index contributed by atoms with van der Waals surface area (Å²) in [6.07, 6.45) is 2.30. The van der Waals surface area contributed by atoms with Crippen LogP contribution in [-0.2, 0) is 6.54 Å². The number of nitrogens with one attached hydrogen (secondary N) is 1. The summed E-state index contributed by atoms with van der Waals surface area (Å²) in [6.45, 7) is 0.451. The number of hydrogen-bond acceptors (Lipinski definition) is 5. The minimum Gasteiger partial charge on any atom is -0.506 e. The second-order valence-corrected chi connectivity index (χ2v) is 5.08. The van der Waals surface area contributed by atoms with Gasteiger partial charge in [-0.1, -0.05) is 0 Å². The van der Waals surface area contributed by atoms with Crippen LogP contribution in [0, 0.1) is 0 Å². The molecule has 0 amide bonds. The van der Waals surface area contributed by atoms with Crippen molar-refractivity contribution in [2.75, 3.05) is 7.11 Å². The quantitative estimate of drug-likeness (QED) is 0.864. The second kappa shape index (κ2) is 5.57. The van der Waals surface area contributed by atoms with E-state index in [0.717, 1.165) is 12.8 Å². The Kier molecular flexibility index (Phi) is 3.62. The lowest BCUT2D eigenvalue weighted by Gasteiger charge is -2.10. The largest absolute Gasteiger partial charge is 0.506 e. The third-order valence-corrected chi connectivity index (χ3v) is 3.44. The highest BCUT2D eigenvalue weighted by atomic mass is 16.5. The lowest BCUT2D eigenvalue weighted by atomic mass is 10.3. The van der Waals surface area contributed by atoms with E-state index in [2.05, 4.69) is 10.4 Å². The average molecular weight is 287 g/mol. The van der Waals surface area contributed by atoms with E-state index in [-0.39, 0.29) is 11.3 Å². The zero-order valence-electron chi connectivity index (χ0n) is 11.7. The van der Waals surface area contributed by atoms with Gasteiger partial charge in [0, 0.05) is 18.7 Å². The molecule has 0 unspecified atom stereocenters. The number of nitrogens with zero attached hydrogens (tertiary/aromatic N) is 2. The van der Waals surface area contributed by atoms with Gasteiger partial charge in [0.1, 0.15) is 17.2 Å². The lowest BCUT2D eigenvalue weighted by Crippen LogP contribution is -2.24. The molecule has 0 aliphatic heterocycles. The van der Waals surface area contributed by atoms with Crippen LogP contribution in [0.3, 0.4) is 0 Å². The molecule has 0 saturated heterocycles. The van der Waals surface area contributed by atoms with Crippen molar-refractivity contribution in [3.8, 4) is 17.2 Å². The second-order valence-electron chi connectivity index (χ2n) is 5.08. The molecule has 1 aliphatic carbocycles. The first kappa shape index (κ1) is 13.6. The van der Waals surface area contributed by atoms with Gasteiger partial charge in [-0.2, -0.15) is 9.78 Å². The van der Waals surface area contributed by atoms with Gasteiger partial charge in [0.05, 0.1) is 12.8 Å². The molecule has 2 N–H and O–H groups in total. The Morgan fingerprint density at radius 2 is 2.10 bits per heavy atom. The molecule has 110 valence electrons. The maximum atomic E-state index is 12.0. The first-order valence-corrected chi connectivity index (χ1v) is 6.87. The number of hydrogen-bond donors (Lipinski definition) is 2. The number of methoxy groups -OCH3 is 1. The summed E-state index contributed by atoms with van der Waals surface area (Å²) in [5.74, 6) is 0.638. The van der Waals surface area contributed by atoms with Crippen LogP contribution in [0.4, 0.5) is 0 Å². The van der Waals surface area contributed by atoms with E-state index >= 15 is 0 Å². The zero-order valence-corrected chi connectivity index (χ0v) is 11.7. The summed E-state index contributed by atoms with van der Waals surface area (Å²) in [6, 6.07) is 8.73. The molecule has 0 radical (unpaired) electrons. The van der Waals surface area contributed by atoms with Crippen molar-refractivity contribution < 1.29 is 9.84 Å². The SMILES string of the molecule is COc1ccc(-n2nc(CNC3CC3)c(O)cc2=O)cc1. The van der Waals surface area contributed by atoms with Gasteiger partial charge in [-0.25, -0.2) is 0 Å². The predicted octanol–water partition coefficient (Wildman–Crippen LogP) is 1.20. The Balaban J connectivity index is 1.91. The number of ether oxygens (including phenoxy) is 1. The molecule has 6 heteroatoms. The maximum Gasteiger partial charge on any atom is 0.275 e. The van der Waals surface area contributed by atoms with Crippen LogP contribution in [0.25, 0.3) is 5.69 Å². The Labute approximate surface area is 122 Å². The molecule has 1 aromatic carbocycles. The number of benzene rings is 1. The van der Waals surface area contributed by atoms with Crippen molar-refractivity contribution in [2.45, 2.75) is 25.4 Å². The van der Waals surface area contributed by atoms with E-state index < -0.39 is 0 Å². The third-order valence-electron chi connectivity index (χ3n) is 3.44. The van der Waals surface area contributed by atoms with E-state index in [0.29, 0.717) is 29.7 Å². The van der Waals surface area contributed by atoms with E-state index in [1.807, 2.05) is 0 Å². The van der Waals surface area contributed by atoms with Crippen LogP contribution >= 0.6 is 0 Å². The van der Waals surface area contributed by atoms with Gasteiger partial charge in [0.25, 0.3) is 5.56 Å². The van der Waals surface area contributed by atoms with Crippen LogP contribution in [-0.4, -0.2) is 28.0 Å². The average Bonchev–Trinajstić information content (AvgIpc) is 3.31. The van der Waals surface area contributed by atoms with Crippen molar-refractivity contribution in [3.63, 3.8) is 0 Å². The van der Waals surface area contributed by atoms with Gasteiger partial charge < -0.3 is 15.2 Å². The standard InChI is InChI=1S/C15H17N3O3/c1-21-12-6-4-11(5-7-12)18-15(20)8-14(19)13(17-18)9-16-10-2-3-10/h4-8,10,16,19H,2-3,9H2,1H3. The van der Waals surface area contributed by atoms with E-state index in [9.17, 15) is 9.90 Å². The van der Waals surface area contributed by atoms with Gasteiger partial charge in [0.2, 0.25) is 0 Å². The Morgan fingerprint density at radius 3 is 2.71 bits per heavy atom. The van der Waals surface area contributed by atoms with Crippen molar-refractivity contribution in [1.29, 1.82) is 0 Å². The summed E-state index contributed by atoms with van der Waals surface area (Å²) >= 11 is 0. The topological polar surface area (TPSA) is 76.4 Å². The molecule has 2 aromatic rings. The fourth-order valence-corrected chi connectivity index (χ4v) is 2.05. The van der Waals surface area contributed by atoms with Crippen LogP contribution in [0.1, 0.15) is 18.5 Å². The highest BCUT2D eigenvalue weighted by Gasteiger charge is 2.21. The predicted molar refractivity (Wildman–Crippen MR) is 77.9 cm³/mol. The Morgan fingerprint density at radius 1 is 1.38 bits per heavy atom. The van der Waals surface area contributed by atoms with E-state index in [1.54, 1.807) is 31.4 Å². The molecule has 0 bridgehead atoms. The molecule has 1 aliphatic rings. The van der Waals surface area contributed by atoms with Crippen LogP contribution in [0.2, 0.25) is 0 Å². The van der Waals surface area contributed by atoms with Gasteiger partial charge >= 0.3 is 0 Å². The van der Waals surface area contributed by atoms with Crippen molar-refractivity contribution in [2.24, 2.45) is 0 Å². The summed E-state index contributed by atoms with van der Waals surface area (Å²) in [4.78, 5) is 12.0. The summed E-state index contributed by atoms with van der Waals surface area (Å²) in [5, 5.41) is 17.4. The van der Waals surface area contributed by atoms with Crippen molar-refractivity contribution in [3.05, 3.63) is 46.4 Å². The number of aromatic hydroxyl groups is 1. The lowest BCUT2D eigenvalue weighted by molar-refractivity contribution is 0.414. The molecular weight excluding hydrogens is 270 g/mol. The molecule has 3 rings (SSSR count). The smallest absolute Gasteiger partial charge is 0.275 e. The van der Waals surface area contributed by atoms with Gasteiger partial charge in [0.15, 0.2) is 0 Å². The van der Waals surface area contributed by atoms with E-state index in [4.69, 9.17) is 4.74 Å².